The van der Waals surface area contributed by atoms with E-state index in [-0.39, 0.29) is 23.1 Å². The average Bonchev–Trinajstić information content (AvgIpc) is 3.25. The molecular weight excluding hydrogens is 607 g/mol. The number of ether oxygens (including phenoxy) is 2. The Bertz CT molecular complexity index is 1850. The summed E-state index contributed by atoms with van der Waals surface area (Å²) in [5, 5.41) is 13.9. The first-order valence-corrected chi connectivity index (χ1v) is 17.1. The number of primary sulfonamides is 1. The van der Waals surface area contributed by atoms with Gasteiger partial charge in [-0.05, 0) is 69.7 Å². The standard InChI is InChI=1S/C28H37N8O6PS/c1-8-42-27(37)19(3)33-43(38,17-41-7)36(22-10-9-18(2)25(16-22)44(29,39)40)28-30-14-13-26(31-28)34(5)21-11-12-23-20(4)35(6)32-24(23)15-21/h9-16,19H,8,17H2,1-7H3,(H,33,38)(H2,29,39,40)/t19-,43?/m0/s1. The van der Waals surface area contributed by atoms with Gasteiger partial charge in [0.15, 0.2) is 0 Å². The van der Waals surface area contributed by atoms with Crippen LogP contribution in [0.5, 0.6) is 0 Å². The van der Waals surface area contributed by atoms with Crippen LogP contribution in [0.3, 0.4) is 0 Å². The van der Waals surface area contributed by atoms with Crippen molar-refractivity contribution in [1.82, 2.24) is 24.8 Å². The number of sulfonamides is 1. The lowest BCUT2D eigenvalue weighted by Crippen LogP contribution is -2.39. The maximum Gasteiger partial charge on any atom is 0.323 e. The van der Waals surface area contributed by atoms with Crippen LogP contribution in [-0.2, 0) is 35.9 Å². The number of hydrogen-bond acceptors (Lipinski definition) is 10. The summed E-state index contributed by atoms with van der Waals surface area (Å²) < 4.78 is 53.2. The van der Waals surface area contributed by atoms with Gasteiger partial charge in [-0.25, -0.2) is 28.3 Å². The topological polar surface area (TPSA) is 175 Å². The second-order valence-electron chi connectivity index (χ2n) is 10.2. The zero-order chi connectivity index (χ0) is 32.4. The van der Waals surface area contributed by atoms with Crippen molar-refractivity contribution in [2.75, 3.05) is 36.7 Å². The first kappa shape index (κ1) is 33.0. The van der Waals surface area contributed by atoms with E-state index in [1.165, 1.54) is 37.0 Å². The second kappa shape index (κ2) is 13.0. The molecule has 0 saturated heterocycles. The third-order valence-electron chi connectivity index (χ3n) is 7.05. The van der Waals surface area contributed by atoms with Crippen molar-refractivity contribution < 1.29 is 27.3 Å². The van der Waals surface area contributed by atoms with Crippen LogP contribution in [0.25, 0.3) is 10.9 Å². The monoisotopic (exact) mass is 644 g/mol. The predicted octanol–water partition coefficient (Wildman–Crippen LogP) is 3.87. The van der Waals surface area contributed by atoms with Gasteiger partial charge in [0.05, 0.1) is 22.7 Å². The van der Waals surface area contributed by atoms with Crippen LogP contribution in [-0.4, -0.2) is 67.3 Å². The van der Waals surface area contributed by atoms with Crippen molar-refractivity contribution in [2.24, 2.45) is 12.2 Å². The molecule has 3 N–H and O–H groups in total. The van der Waals surface area contributed by atoms with Gasteiger partial charge in [0.1, 0.15) is 18.2 Å². The molecule has 4 rings (SSSR count). The number of rotatable bonds is 12. The second-order valence-corrected chi connectivity index (χ2v) is 14.1. The van der Waals surface area contributed by atoms with Crippen molar-refractivity contribution >= 4 is 57.5 Å². The molecular formula is C28H37N8O6PS. The summed E-state index contributed by atoms with van der Waals surface area (Å²) in [6, 6.07) is 10.9. The number of carbonyl (C=O) groups is 1. The molecule has 1 unspecified atom stereocenters. The van der Waals surface area contributed by atoms with Crippen molar-refractivity contribution in [1.29, 1.82) is 0 Å². The number of nitrogens with zero attached hydrogens (tertiary/aromatic N) is 6. The van der Waals surface area contributed by atoms with Crippen LogP contribution in [0.4, 0.5) is 23.1 Å². The number of fused-ring (bicyclic) bond motifs is 1. The third-order valence-corrected chi connectivity index (χ3v) is 10.6. The molecule has 0 spiro atoms. The quantitative estimate of drug-likeness (QED) is 0.169. The lowest BCUT2D eigenvalue weighted by Gasteiger charge is -2.34. The molecule has 0 aliphatic heterocycles. The summed E-state index contributed by atoms with van der Waals surface area (Å²) >= 11 is 0. The molecule has 2 aromatic carbocycles. The van der Waals surface area contributed by atoms with Gasteiger partial charge in [0, 0.05) is 44.2 Å². The molecule has 14 nitrogen and oxygen atoms in total. The van der Waals surface area contributed by atoms with E-state index >= 15 is 0 Å². The number of esters is 1. The first-order valence-electron chi connectivity index (χ1n) is 13.7. The summed E-state index contributed by atoms with van der Waals surface area (Å²) in [4.78, 5) is 23.3. The molecule has 0 bridgehead atoms. The number of nitrogens with one attached hydrogen (secondary N) is 1. The fraction of sp³-hybridized carbons (Fsp3) is 0.357. The summed E-state index contributed by atoms with van der Waals surface area (Å²) in [5.41, 5.74) is 3.16. The number of benzene rings is 2. The Kier molecular flexibility index (Phi) is 9.76. The van der Waals surface area contributed by atoms with Gasteiger partial charge >= 0.3 is 5.97 Å². The molecule has 0 radical (unpaired) electrons. The third kappa shape index (κ3) is 6.76. The molecule has 2 heterocycles. The minimum absolute atomic E-state index is 0.0442. The van der Waals surface area contributed by atoms with E-state index in [2.05, 4.69) is 15.2 Å². The number of aryl methyl sites for hydroxylation is 3. The molecule has 0 fully saturated rings. The van der Waals surface area contributed by atoms with E-state index in [1.54, 1.807) is 26.0 Å². The van der Waals surface area contributed by atoms with Gasteiger partial charge in [-0.2, -0.15) is 10.1 Å². The Labute approximate surface area is 256 Å². The smallest absolute Gasteiger partial charge is 0.323 e. The molecule has 2 aromatic heterocycles. The SMILES string of the molecule is CCOC(=O)[C@H](C)NP(=O)(COC)N(c1ccc(C)c(S(N)(=O)=O)c1)c1nccc(N(C)c2ccc3c(C)n(C)nc3c2)n1. The highest BCUT2D eigenvalue weighted by Gasteiger charge is 2.38. The molecule has 44 heavy (non-hydrogen) atoms. The lowest BCUT2D eigenvalue weighted by molar-refractivity contribution is -0.144. The summed E-state index contributed by atoms with van der Waals surface area (Å²) in [7, 11) is -3.08. The molecule has 4 aromatic rings. The first-order chi connectivity index (χ1) is 20.7. The zero-order valence-corrected chi connectivity index (χ0v) is 27.4. The molecule has 236 valence electrons. The predicted molar refractivity (Wildman–Crippen MR) is 169 cm³/mol. The van der Waals surface area contributed by atoms with Gasteiger partial charge in [0.25, 0.3) is 7.44 Å². The number of hydrogen-bond donors (Lipinski definition) is 2. The van der Waals surface area contributed by atoms with E-state index in [0.29, 0.717) is 11.4 Å². The number of aromatic nitrogens is 4. The Morgan fingerprint density at radius 1 is 1.16 bits per heavy atom. The maximum absolute atomic E-state index is 14.8. The van der Waals surface area contributed by atoms with Gasteiger partial charge in [-0.3, -0.25) is 14.0 Å². The van der Waals surface area contributed by atoms with Crippen LogP contribution in [0.2, 0.25) is 0 Å². The number of nitrogens with two attached hydrogens (primary N) is 1. The average molecular weight is 645 g/mol. The molecule has 0 aliphatic rings. The van der Waals surface area contributed by atoms with Gasteiger partial charge in [-0.15, -0.1) is 0 Å². The maximum atomic E-state index is 14.8. The Morgan fingerprint density at radius 2 is 1.86 bits per heavy atom. The summed E-state index contributed by atoms with van der Waals surface area (Å²) in [6.45, 7) is 6.88. The van der Waals surface area contributed by atoms with Crippen LogP contribution < -0.4 is 19.8 Å². The van der Waals surface area contributed by atoms with Gasteiger partial charge < -0.3 is 14.4 Å². The minimum atomic E-state index is -4.15. The molecule has 0 amide bonds. The van der Waals surface area contributed by atoms with Crippen LogP contribution in [0.1, 0.15) is 25.1 Å². The fourth-order valence-electron chi connectivity index (χ4n) is 4.71. The Balaban J connectivity index is 1.87. The largest absolute Gasteiger partial charge is 0.465 e. The van der Waals surface area contributed by atoms with Crippen molar-refractivity contribution in [2.45, 2.75) is 38.6 Å². The van der Waals surface area contributed by atoms with Crippen LogP contribution in [0, 0.1) is 13.8 Å². The zero-order valence-electron chi connectivity index (χ0n) is 25.7. The highest BCUT2D eigenvalue weighted by molar-refractivity contribution is 7.89. The Morgan fingerprint density at radius 3 is 2.52 bits per heavy atom. The number of carbonyl (C=O) groups excluding carboxylic acids is 1. The minimum Gasteiger partial charge on any atom is -0.465 e. The van der Waals surface area contributed by atoms with E-state index in [4.69, 9.17) is 19.6 Å². The Hall–Kier alpha value is -3.88. The van der Waals surface area contributed by atoms with Crippen molar-refractivity contribution in [3.05, 3.63) is 59.9 Å². The molecule has 2 atom stereocenters. The van der Waals surface area contributed by atoms with E-state index in [1.807, 2.05) is 48.8 Å². The van der Waals surface area contributed by atoms with E-state index in [9.17, 15) is 17.8 Å². The number of methoxy groups -OCH3 is 1. The highest BCUT2D eigenvalue weighted by Crippen LogP contribution is 2.53. The molecule has 0 saturated carbocycles. The van der Waals surface area contributed by atoms with Gasteiger partial charge in [-0.1, -0.05) is 6.07 Å². The summed E-state index contributed by atoms with van der Waals surface area (Å²) in [6.07, 6.45) is 1.10. The number of anilines is 4. The van der Waals surface area contributed by atoms with E-state index in [0.717, 1.165) is 22.3 Å². The highest BCUT2D eigenvalue weighted by atomic mass is 32.2. The van der Waals surface area contributed by atoms with Crippen LogP contribution in [0.15, 0.2) is 53.6 Å². The summed E-state index contributed by atoms with van der Waals surface area (Å²) in [5.74, 6) is -0.238. The molecule has 16 heteroatoms. The van der Waals surface area contributed by atoms with Crippen LogP contribution >= 0.6 is 7.44 Å². The lowest BCUT2D eigenvalue weighted by atomic mass is 10.2. The van der Waals surface area contributed by atoms with Crippen molar-refractivity contribution in [3.8, 4) is 0 Å². The fourth-order valence-corrected chi connectivity index (χ4v) is 7.76. The van der Waals surface area contributed by atoms with Gasteiger partial charge in [0.2, 0.25) is 16.0 Å². The van der Waals surface area contributed by atoms with Crippen molar-refractivity contribution in [3.63, 3.8) is 0 Å². The molecule has 0 aliphatic carbocycles. The van der Waals surface area contributed by atoms with E-state index < -0.39 is 35.8 Å². The normalized spacial score (nSPS) is 13.8.